The lowest BCUT2D eigenvalue weighted by Crippen LogP contribution is -2.56. The van der Waals surface area contributed by atoms with Gasteiger partial charge in [-0.05, 0) is 12.8 Å². The predicted molar refractivity (Wildman–Crippen MR) is 61.6 cm³/mol. The fourth-order valence-electron chi connectivity index (χ4n) is 1.68. The molecule has 5 nitrogen and oxygen atoms in total. The van der Waals surface area contributed by atoms with Gasteiger partial charge in [-0.3, -0.25) is 9.59 Å². The van der Waals surface area contributed by atoms with E-state index in [1.54, 1.807) is 11.8 Å². The summed E-state index contributed by atoms with van der Waals surface area (Å²) in [6, 6.07) is -0.509. The normalized spacial score (nSPS) is 23.2. The third kappa shape index (κ3) is 2.95. The van der Waals surface area contributed by atoms with Crippen LogP contribution in [0.2, 0.25) is 0 Å². The maximum atomic E-state index is 11.9. The highest BCUT2D eigenvalue weighted by molar-refractivity contribution is 5.88. The van der Waals surface area contributed by atoms with Gasteiger partial charge in [-0.1, -0.05) is 13.8 Å². The zero-order valence-corrected chi connectivity index (χ0v) is 10.2. The Hall–Kier alpha value is -1.10. The fraction of sp³-hybridized carbons (Fsp3) is 0.818. The van der Waals surface area contributed by atoms with E-state index in [1.165, 1.54) is 0 Å². The first kappa shape index (κ1) is 13.0. The Bertz CT molecular complexity index is 278. The van der Waals surface area contributed by atoms with Gasteiger partial charge in [-0.15, -0.1) is 0 Å². The van der Waals surface area contributed by atoms with Crippen LogP contribution in [0, 0.1) is 5.92 Å². The number of piperazine rings is 1. The zero-order chi connectivity index (χ0) is 12.3. The predicted octanol–water partition coefficient (Wildman–Crippen LogP) is -0.293. The van der Waals surface area contributed by atoms with Crippen LogP contribution >= 0.6 is 0 Å². The van der Waals surface area contributed by atoms with Gasteiger partial charge in [-0.25, -0.2) is 0 Å². The van der Waals surface area contributed by atoms with Crippen molar-refractivity contribution in [3.8, 4) is 0 Å². The summed E-state index contributed by atoms with van der Waals surface area (Å²) in [5, 5.41) is 2.73. The quantitative estimate of drug-likeness (QED) is 0.695. The maximum Gasteiger partial charge on any atom is 0.242 e. The van der Waals surface area contributed by atoms with Crippen LogP contribution in [0.1, 0.15) is 27.2 Å². The van der Waals surface area contributed by atoms with Gasteiger partial charge in [-0.2, -0.15) is 0 Å². The molecule has 0 spiro atoms. The molecule has 1 fully saturated rings. The van der Waals surface area contributed by atoms with E-state index in [-0.39, 0.29) is 29.8 Å². The van der Waals surface area contributed by atoms with Crippen molar-refractivity contribution in [2.24, 2.45) is 11.7 Å². The summed E-state index contributed by atoms with van der Waals surface area (Å²) < 4.78 is 0. The Kier molecular flexibility index (Phi) is 4.29. The Labute approximate surface area is 96.4 Å². The van der Waals surface area contributed by atoms with Crippen LogP contribution < -0.4 is 11.1 Å². The second-order valence-corrected chi connectivity index (χ2v) is 4.67. The SMILES string of the molecule is CC(C)C(N)CC(=O)N1CCNC(=O)C1C. The number of amides is 2. The van der Waals surface area contributed by atoms with Gasteiger partial charge in [0.1, 0.15) is 6.04 Å². The highest BCUT2D eigenvalue weighted by Crippen LogP contribution is 2.10. The summed E-state index contributed by atoms with van der Waals surface area (Å²) in [4.78, 5) is 24.9. The van der Waals surface area contributed by atoms with E-state index in [9.17, 15) is 9.59 Å². The molecule has 1 aliphatic heterocycles. The van der Waals surface area contributed by atoms with E-state index in [0.29, 0.717) is 19.5 Å². The molecule has 0 aromatic rings. The lowest BCUT2D eigenvalue weighted by Gasteiger charge is -2.33. The van der Waals surface area contributed by atoms with E-state index in [2.05, 4.69) is 5.32 Å². The van der Waals surface area contributed by atoms with Gasteiger partial charge in [0, 0.05) is 25.6 Å². The first-order valence-electron chi connectivity index (χ1n) is 5.76. The van der Waals surface area contributed by atoms with Crippen molar-refractivity contribution in [1.82, 2.24) is 10.2 Å². The Morgan fingerprint density at radius 3 is 2.81 bits per heavy atom. The Balaban J connectivity index is 2.56. The Morgan fingerprint density at radius 2 is 2.25 bits per heavy atom. The van der Waals surface area contributed by atoms with Gasteiger partial charge < -0.3 is 16.0 Å². The second-order valence-electron chi connectivity index (χ2n) is 4.67. The molecule has 1 aliphatic rings. The summed E-state index contributed by atoms with van der Waals surface area (Å²) in [5.74, 6) is 0.166. The smallest absolute Gasteiger partial charge is 0.242 e. The van der Waals surface area contributed by atoms with E-state index in [1.807, 2.05) is 13.8 Å². The molecular formula is C11H21N3O2. The van der Waals surface area contributed by atoms with Gasteiger partial charge in [0.15, 0.2) is 0 Å². The van der Waals surface area contributed by atoms with Crippen LogP contribution in [0.5, 0.6) is 0 Å². The lowest BCUT2D eigenvalue weighted by molar-refractivity contribution is -0.142. The minimum atomic E-state index is -0.374. The monoisotopic (exact) mass is 227 g/mol. The van der Waals surface area contributed by atoms with Gasteiger partial charge in [0.25, 0.3) is 0 Å². The molecule has 0 aromatic heterocycles. The van der Waals surface area contributed by atoms with Crippen LogP contribution in [0.15, 0.2) is 0 Å². The summed E-state index contributed by atoms with van der Waals surface area (Å²) in [5.41, 5.74) is 5.86. The van der Waals surface area contributed by atoms with Crippen molar-refractivity contribution in [3.63, 3.8) is 0 Å². The molecule has 0 saturated carbocycles. The molecule has 2 atom stereocenters. The van der Waals surface area contributed by atoms with Crippen molar-refractivity contribution in [2.45, 2.75) is 39.3 Å². The molecule has 0 bridgehead atoms. The molecule has 0 aromatic carbocycles. The van der Waals surface area contributed by atoms with Gasteiger partial charge in [0.05, 0.1) is 0 Å². The van der Waals surface area contributed by atoms with Crippen molar-refractivity contribution >= 4 is 11.8 Å². The highest BCUT2D eigenvalue weighted by atomic mass is 16.2. The van der Waals surface area contributed by atoms with Crippen molar-refractivity contribution in [1.29, 1.82) is 0 Å². The van der Waals surface area contributed by atoms with Crippen LogP contribution in [0.3, 0.4) is 0 Å². The molecule has 3 N–H and O–H groups in total. The number of nitrogens with one attached hydrogen (secondary N) is 1. The number of carbonyl (C=O) groups is 2. The number of rotatable bonds is 3. The van der Waals surface area contributed by atoms with Crippen molar-refractivity contribution in [2.75, 3.05) is 13.1 Å². The topological polar surface area (TPSA) is 75.4 Å². The number of nitrogens with two attached hydrogens (primary N) is 1. The van der Waals surface area contributed by atoms with Crippen LogP contribution in [0.25, 0.3) is 0 Å². The van der Waals surface area contributed by atoms with Crippen LogP contribution in [-0.2, 0) is 9.59 Å². The third-order valence-corrected chi connectivity index (χ3v) is 3.09. The van der Waals surface area contributed by atoms with Crippen LogP contribution in [-0.4, -0.2) is 41.9 Å². The fourth-order valence-corrected chi connectivity index (χ4v) is 1.68. The molecular weight excluding hydrogens is 206 g/mol. The summed E-state index contributed by atoms with van der Waals surface area (Å²) in [7, 11) is 0. The second kappa shape index (κ2) is 5.30. The summed E-state index contributed by atoms with van der Waals surface area (Å²) in [6.45, 7) is 6.84. The minimum Gasteiger partial charge on any atom is -0.353 e. The number of nitrogens with zero attached hydrogens (tertiary/aromatic N) is 1. The first-order chi connectivity index (χ1) is 7.43. The van der Waals surface area contributed by atoms with E-state index < -0.39 is 0 Å². The number of carbonyl (C=O) groups excluding carboxylic acids is 2. The summed E-state index contributed by atoms with van der Waals surface area (Å²) >= 11 is 0. The molecule has 16 heavy (non-hydrogen) atoms. The molecule has 1 heterocycles. The molecule has 1 saturated heterocycles. The maximum absolute atomic E-state index is 11.9. The van der Waals surface area contributed by atoms with Gasteiger partial charge >= 0.3 is 0 Å². The van der Waals surface area contributed by atoms with Gasteiger partial charge in [0.2, 0.25) is 11.8 Å². The molecule has 92 valence electrons. The molecule has 1 rings (SSSR count). The standard InChI is InChI=1S/C11H21N3O2/c1-7(2)9(12)6-10(15)14-5-4-13-11(16)8(14)3/h7-9H,4-6,12H2,1-3H3,(H,13,16). The number of hydrogen-bond acceptors (Lipinski definition) is 3. The molecule has 5 heteroatoms. The van der Waals surface area contributed by atoms with E-state index >= 15 is 0 Å². The number of hydrogen-bond donors (Lipinski definition) is 2. The lowest BCUT2D eigenvalue weighted by atomic mass is 10.0. The zero-order valence-electron chi connectivity index (χ0n) is 10.2. The molecule has 0 radical (unpaired) electrons. The van der Waals surface area contributed by atoms with E-state index in [4.69, 9.17) is 5.73 Å². The average Bonchev–Trinajstić information content (AvgIpc) is 2.21. The molecule has 0 aliphatic carbocycles. The first-order valence-corrected chi connectivity index (χ1v) is 5.76. The molecule has 2 amide bonds. The average molecular weight is 227 g/mol. The third-order valence-electron chi connectivity index (χ3n) is 3.09. The van der Waals surface area contributed by atoms with Crippen molar-refractivity contribution < 1.29 is 9.59 Å². The minimum absolute atomic E-state index is 0.0245. The molecule has 2 unspecified atom stereocenters. The summed E-state index contributed by atoms with van der Waals surface area (Å²) in [6.07, 6.45) is 0.315. The highest BCUT2D eigenvalue weighted by Gasteiger charge is 2.30. The Morgan fingerprint density at radius 1 is 1.62 bits per heavy atom. The van der Waals surface area contributed by atoms with Crippen molar-refractivity contribution in [3.05, 3.63) is 0 Å². The largest absolute Gasteiger partial charge is 0.353 e. The van der Waals surface area contributed by atoms with E-state index in [0.717, 1.165) is 0 Å². The van der Waals surface area contributed by atoms with Crippen LogP contribution in [0.4, 0.5) is 0 Å².